The molecule has 22 heavy (non-hydrogen) atoms. The molecule has 1 unspecified atom stereocenters. The van der Waals surface area contributed by atoms with Crippen LogP contribution in [0.25, 0.3) is 10.9 Å². The Morgan fingerprint density at radius 2 is 2.05 bits per heavy atom. The van der Waals surface area contributed by atoms with Crippen LogP contribution in [0.2, 0.25) is 0 Å². The molecule has 6 heteroatoms. The van der Waals surface area contributed by atoms with E-state index in [-0.39, 0.29) is 23.5 Å². The van der Waals surface area contributed by atoms with E-state index < -0.39 is 9.84 Å². The van der Waals surface area contributed by atoms with Crippen molar-refractivity contribution in [1.29, 1.82) is 0 Å². The molecule has 0 bridgehead atoms. The number of nitrogens with one attached hydrogen (secondary N) is 1. The molecule has 2 heterocycles. The Kier molecular flexibility index (Phi) is 3.64. The lowest BCUT2D eigenvalue weighted by molar-refractivity contribution is 0.0940. The van der Waals surface area contributed by atoms with Crippen molar-refractivity contribution in [3.05, 3.63) is 41.1 Å². The molecule has 0 aliphatic carbocycles. The Hall–Kier alpha value is -1.95. The van der Waals surface area contributed by atoms with Gasteiger partial charge in [-0.1, -0.05) is 11.6 Å². The van der Waals surface area contributed by atoms with Gasteiger partial charge in [0.25, 0.3) is 5.91 Å². The van der Waals surface area contributed by atoms with Crippen molar-refractivity contribution < 1.29 is 13.2 Å². The van der Waals surface area contributed by atoms with Gasteiger partial charge in [0.05, 0.1) is 28.3 Å². The predicted octanol–water partition coefficient (Wildman–Crippen LogP) is 1.77. The van der Waals surface area contributed by atoms with Crippen molar-refractivity contribution in [2.75, 3.05) is 11.5 Å². The largest absolute Gasteiger partial charge is 0.348 e. The number of sulfone groups is 1. The molecule has 1 atom stereocenters. The lowest BCUT2D eigenvalue weighted by atomic mass is 10.1. The smallest absolute Gasteiger partial charge is 0.253 e. The highest BCUT2D eigenvalue weighted by molar-refractivity contribution is 7.91. The van der Waals surface area contributed by atoms with E-state index in [1.165, 1.54) is 0 Å². The molecule has 1 N–H and O–H groups in total. The van der Waals surface area contributed by atoms with E-state index in [0.717, 1.165) is 16.5 Å². The third-order valence-electron chi connectivity index (χ3n) is 3.97. The van der Waals surface area contributed by atoms with Gasteiger partial charge in [0.1, 0.15) is 0 Å². The van der Waals surface area contributed by atoms with Gasteiger partial charge in [0.15, 0.2) is 9.84 Å². The second-order valence-electron chi connectivity index (χ2n) is 5.89. The topological polar surface area (TPSA) is 76.1 Å². The first kappa shape index (κ1) is 15.0. The molecule has 0 radical (unpaired) electrons. The summed E-state index contributed by atoms with van der Waals surface area (Å²) in [5.41, 5.74) is 3.10. The Bertz CT molecular complexity index is 859. The van der Waals surface area contributed by atoms with Crippen molar-refractivity contribution >= 4 is 26.6 Å². The average Bonchev–Trinajstić information content (AvgIpc) is 2.77. The molecule has 0 spiro atoms. The van der Waals surface area contributed by atoms with Crippen LogP contribution in [0.1, 0.15) is 28.0 Å². The lowest BCUT2D eigenvalue weighted by Crippen LogP contribution is -2.36. The molecule has 0 saturated carbocycles. The minimum absolute atomic E-state index is 0.0257. The lowest BCUT2D eigenvalue weighted by Gasteiger charge is -2.13. The fourth-order valence-corrected chi connectivity index (χ4v) is 4.47. The number of nitrogens with zero attached hydrogens (tertiary/aromatic N) is 1. The summed E-state index contributed by atoms with van der Waals surface area (Å²) in [7, 11) is -3.00. The first-order chi connectivity index (χ1) is 10.3. The molecule has 3 rings (SSSR count). The molecule has 1 saturated heterocycles. The standard InChI is InChI=1S/C16H18N2O3S/c1-10-3-4-15-12(7-10)8-14(11(2)17-15)16(19)18-13-5-6-22(20,21)9-13/h3-4,7-8,13H,5-6,9H2,1-2H3,(H,18,19). The van der Waals surface area contributed by atoms with Crippen LogP contribution < -0.4 is 5.32 Å². The molecule has 1 aromatic carbocycles. The Balaban J connectivity index is 1.89. The fraction of sp³-hybridized carbons (Fsp3) is 0.375. The van der Waals surface area contributed by atoms with Crippen molar-refractivity contribution in [1.82, 2.24) is 10.3 Å². The SMILES string of the molecule is Cc1ccc2nc(C)c(C(=O)NC3CCS(=O)(=O)C3)cc2c1. The monoisotopic (exact) mass is 318 g/mol. The highest BCUT2D eigenvalue weighted by atomic mass is 32.2. The third-order valence-corrected chi connectivity index (χ3v) is 5.74. The molecule has 5 nitrogen and oxygen atoms in total. The van der Waals surface area contributed by atoms with Gasteiger partial charge in [-0.15, -0.1) is 0 Å². The zero-order chi connectivity index (χ0) is 15.9. The zero-order valence-electron chi connectivity index (χ0n) is 12.6. The number of rotatable bonds is 2. The molecule has 1 aliphatic heterocycles. The van der Waals surface area contributed by atoms with Crippen LogP contribution in [-0.2, 0) is 9.84 Å². The number of aryl methyl sites for hydroxylation is 2. The van der Waals surface area contributed by atoms with Gasteiger partial charge in [-0.25, -0.2) is 8.42 Å². The van der Waals surface area contributed by atoms with Crippen LogP contribution in [0, 0.1) is 13.8 Å². The molecular formula is C16H18N2O3S. The molecule has 2 aromatic rings. The molecular weight excluding hydrogens is 300 g/mol. The number of pyridine rings is 1. The van der Waals surface area contributed by atoms with Crippen LogP contribution in [0.15, 0.2) is 24.3 Å². The maximum Gasteiger partial charge on any atom is 0.253 e. The molecule has 1 amide bonds. The number of fused-ring (bicyclic) bond motifs is 1. The van der Waals surface area contributed by atoms with Crippen LogP contribution in [-0.4, -0.2) is 36.9 Å². The van der Waals surface area contributed by atoms with Gasteiger partial charge in [0.2, 0.25) is 0 Å². The van der Waals surface area contributed by atoms with Gasteiger partial charge in [-0.05, 0) is 38.5 Å². The van der Waals surface area contributed by atoms with Gasteiger partial charge in [0, 0.05) is 11.4 Å². The van der Waals surface area contributed by atoms with Crippen molar-refractivity contribution in [3.63, 3.8) is 0 Å². The first-order valence-corrected chi connectivity index (χ1v) is 9.05. The van der Waals surface area contributed by atoms with E-state index in [0.29, 0.717) is 17.7 Å². The normalized spacial score (nSPS) is 20.2. The van der Waals surface area contributed by atoms with E-state index >= 15 is 0 Å². The summed E-state index contributed by atoms with van der Waals surface area (Å²) in [6.07, 6.45) is 0.479. The first-order valence-electron chi connectivity index (χ1n) is 7.23. The number of aromatic nitrogens is 1. The summed E-state index contributed by atoms with van der Waals surface area (Å²) in [5.74, 6) is -0.0835. The minimum atomic E-state index is -3.00. The maximum absolute atomic E-state index is 12.4. The number of hydrogen-bond donors (Lipinski definition) is 1. The summed E-state index contributed by atoms with van der Waals surface area (Å²) >= 11 is 0. The average molecular weight is 318 g/mol. The van der Waals surface area contributed by atoms with Crippen LogP contribution in [0.5, 0.6) is 0 Å². The second-order valence-corrected chi connectivity index (χ2v) is 8.12. The van der Waals surface area contributed by atoms with Crippen molar-refractivity contribution in [3.8, 4) is 0 Å². The summed E-state index contributed by atoms with van der Waals surface area (Å²) in [6.45, 7) is 3.78. The Morgan fingerprint density at radius 3 is 2.73 bits per heavy atom. The van der Waals surface area contributed by atoms with E-state index in [1.807, 2.05) is 31.2 Å². The summed E-state index contributed by atoms with van der Waals surface area (Å²) < 4.78 is 22.9. The summed E-state index contributed by atoms with van der Waals surface area (Å²) in [6, 6.07) is 7.42. The maximum atomic E-state index is 12.4. The van der Waals surface area contributed by atoms with E-state index in [9.17, 15) is 13.2 Å². The summed E-state index contributed by atoms with van der Waals surface area (Å²) in [5, 5.41) is 3.72. The van der Waals surface area contributed by atoms with E-state index in [1.54, 1.807) is 6.92 Å². The van der Waals surface area contributed by atoms with E-state index in [2.05, 4.69) is 10.3 Å². The van der Waals surface area contributed by atoms with E-state index in [4.69, 9.17) is 0 Å². The van der Waals surface area contributed by atoms with Crippen molar-refractivity contribution in [2.45, 2.75) is 26.3 Å². The highest BCUT2D eigenvalue weighted by Crippen LogP contribution is 2.19. The van der Waals surface area contributed by atoms with Gasteiger partial charge in [-0.3, -0.25) is 9.78 Å². The molecule has 116 valence electrons. The quantitative estimate of drug-likeness (QED) is 0.915. The number of benzene rings is 1. The molecule has 1 fully saturated rings. The Morgan fingerprint density at radius 1 is 1.27 bits per heavy atom. The van der Waals surface area contributed by atoms with Crippen LogP contribution in [0.4, 0.5) is 0 Å². The fourth-order valence-electron chi connectivity index (χ4n) is 2.79. The minimum Gasteiger partial charge on any atom is -0.348 e. The molecule has 1 aromatic heterocycles. The number of carbonyl (C=O) groups excluding carboxylic acids is 1. The number of amides is 1. The van der Waals surface area contributed by atoms with Gasteiger partial charge >= 0.3 is 0 Å². The zero-order valence-corrected chi connectivity index (χ0v) is 13.4. The number of hydrogen-bond acceptors (Lipinski definition) is 4. The predicted molar refractivity (Wildman–Crippen MR) is 85.7 cm³/mol. The Labute approximate surface area is 129 Å². The third kappa shape index (κ3) is 2.97. The summed E-state index contributed by atoms with van der Waals surface area (Å²) in [4.78, 5) is 16.9. The second kappa shape index (κ2) is 5.35. The van der Waals surface area contributed by atoms with Gasteiger partial charge < -0.3 is 5.32 Å². The molecule has 1 aliphatic rings. The number of carbonyl (C=O) groups is 1. The van der Waals surface area contributed by atoms with Crippen LogP contribution in [0.3, 0.4) is 0 Å². The van der Waals surface area contributed by atoms with Crippen LogP contribution >= 0.6 is 0 Å². The van der Waals surface area contributed by atoms with Crippen molar-refractivity contribution in [2.24, 2.45) is 0 Å². The van der Waals surface area contributed by atoms with Gasteiger partial charge in [-0.2, -0.15) is 0 Å². The highest BCUT2D eigenvalue weighted by Gasteiger charge is 2.29.